The van der Waals surface area contributed by atoms with E-state index < -0.39 is 21.2 Å². The molecule has 50 heavy (non-hydrogen) atoms. The molecule has 270 valence electrons. The zero-order valence-electron chi connectivity index (χ0n) is 29.2. The van der Waals surface area contributed by atoms with Crippen LogP contribution in [0.15, 0.2) is 48.6 Å². The van der Waals surface area contributed by atoms with Gasteiger partial charge in [-0.3, -0.25) is 9.69 Å². The molecular formula is C39H50ClN3O6S. The zero-order valence-corrected chi connectivity index (χ0v) is 30.8. The lowest BCUT2D eigenvalue weighted by Gasteiger charge is -2.46. The maximum atomic E-state index is 13.5. The third-order valence-corrected chi connectivity index (χ3v) is 14.9. The SMILES string of the molecule is C[C@@H]1[C@@H](C)C/C=C\[C@H](OCCN2C[C@H]3C[C@@H]2CO3)[C@@H]2CC[C@H]2CN2C[C@@]3(CCCc4cc(Cl)ccc43)COc3ccc(cc32)C(=O)NS1(=O)=O. The number of amides is 1. The molecular weight excluding hydrogens is 674 g/mol. The van der Waals surface area contributed by atoms with E-state index in [-0.39, 0.29) is 17.4 Å². The summed E-state index contributed by atoms with van der Waals surface area (Å²) in [7, 11) is -3.92. The summed E-state index contributed by atoms with van der Waals surface area (Å²) in [6.45, 7) is 9.01. The highest BCUT2D eigenvalue weighted by molar-refractivity contribution is 7.90. The van der Waals surface area contributed by atoms with Crippen molar-refractivity contribution in [1.82, 2.24) is 9.62 Å². The van der Waals surface area contributed by atoms with Crippen molar-refractivity contribution in [2.75, 3.05) is 50.9 Å². The Labute approximate surface area is 301 Å². The van der Waals surface area contributed by atoms with Gasteiger partial charge in [0.25, 0.3) is 5.91 Å². The number of rotatable bonds is 4. The molecule has 1 amide bonds. The smallest absolute Gasteiger partial charge is 0.264 e. The van der Waals surface area contributed by atoms with E-state index in [9.17, 15) is 13.2 Å². The average molecular weight is 724 g/mol. The molecule has 2 aromatic rings. The monoisotopic (exact) mass is 723 g/mol. The zero-order chi connectivity index (χ0) is 34.6. The summed E-state index contributed by atoms with van der Waals surface area (Å²) in [5, 5.41) is -0.00652. The number of fused-ring (bicyclic) bond motifs is 6. The standard InChI is InChI=1S/C39H50ClN3O6S/c1-25-5-3-7-36(47-16-15-42-21-32-19-31(42)22-48-32)33-11-8-29(33)20-43-23-39(14-4-6-27-17-30(40)10-12-34(27)39)24-49-37-13-9-28(18-35(37)43)38(44)41-50(45,46)26(25)2/h3,7,9-10,12-13,17-18,25-26,29,31-33,36H,4-6,8,11,14-16,19-24H2,1-2H3,(H,41,44)/b7-3-/t25-,26+,29-,31+,32+,33+,36-,39-/m0/s1. The molecule has 0 aromatic heterocycles. The Morgan fingerprint density at radius 1 is 1.12 bits per heavy atom. The lowest BCUT2D eigenvalue weighted by atomic mass is 9.68. The Kier molecular flexibility index (Phi) is 9.46. The van der Waals surface area contributed by atoms with Crippen LogP contribution in [0.25, 0.3) is 0 Å². The molecule has 2 saturated heterocycles. The lowest BCUT2D eigenvalue weighted by molar-refractivity contribution is -0.0323. The van der Waals surface area contributed by atoms with Crippen LogP contribution in [0.1, 0.15) is 73.9 Å². The molecule has 0 unspecified atom stereocenters. The van der Waals surface area contributed by atoms with Crippen LogP contribution in [-0.2, 0) is 31.3 Å². The summed E-state index contributed by atoms with van der Waals surface area (Å²) in [6, 6.07) is 12.1. The van der Waals surface area contributed by atoms with Crippen molar-refractivity contribution in [3.63, 3.8) is 0 Å². The first-order valence-corrected chi connectivity index (χ1v) is 20.5. The minimum atomic E-state index is -3.92. The first kappa shape index (κ1) is 34.5. The second kappa shape index (κ2) is 13.7. The number of halogens is 1. The maximum absolute atomic E-state index is 13.5. The molecule has 9 nitrogen and oxygen atoms in total. The number of ether oxygens (including phenoxy) is 3. The van der Waals surface area contributed by atoms with Gasteiger partial charge < -0.3 is 19.1 Å². The van der Waals surface area contributed by atoms with E-state index in [2.05, 4.69) is 38.8 Å². The van der Waals surface area contributed by atoms with Gasteiger partial charge in [-0.2, -0.15) is 0 Å². The van der Waals surface area contributed by atoms with Crippen LogP contribution in [0.5, 0.6) is 5.75 Å². The van der Waals surface area contributed by atoms with Crippen LogP contribution >= 0.6 is 11.6 Å². The fourth-order valence-corrected chi connectivity index (χ4v) is 10.9. The largest absolute Gasteiger partial charge is 0.490 e. The Bertz CT molecular complexity index is 1750. The average Bonchev–Trinajstić information content (AvgIpc) is 3.67. The number of hydrogen-bond donors (Lipinski definition) is 1. The number of hydrogen-bond acceptors (Lipinski definition) is 8. The van der Waals surface area contributed by atoms with Gasteiger partial charge in [0, 0.05) is 48.2 Å². The summed E-state index contributed by atoms with van der Waals surface area (Å²) in [6.07, 6.45) is 11.5. The first-order valence-electron chi connectivity index (χ1n) is 18.6. The molecule has 2 aromatic carbocycles. The molecule has 1 N–H and O–H groups in total. The number of carbonyl (C=O) groups excluding carboxylic acids is 1. The lowest BCUT2D eigenvalue weighted by Crippen LogP contribution is -2.50. The Morgan fingerprint density at radius 3 is 2.78 bits per heavy atom. The second-order valence-corrected chi connectivity index (χ2v) is 18.3. The Balaban J connectivity index is 1.13. The number of anilines is 1. The quantitative estimate of drug-likeness (QED) is 0.399. The van der Waals surface area contributed by atoms with Crippen molar-refractivity contribution < 1.29 is 27.4 Å². The second-order valence-electron chi connectivity index (χ2n) is 15.8. The van der Waals surface area contributed by atoms with E-state index in [1.54, 1.807) is 13.0 Å². The topological polar surface area (TPSA) is 97.4 Å². The highest BCUT2D eigenvalue weighted by Gasteiger charge is 2.45. The van der Waals surface area contributed by atoms with Gasteiger partial charge in [0.2, 0.25) is 10.0 Å². The molecule has 4 bridgehead atoms. The number of nitrogens with one attached hydrogen (secondary N) is 1. The highest BCUT2D eigenvalue weighted by Crippen LogP contribution is 2.47. The maximum Gasteiger partial charge on any atom is 0.264 e. The van der Waals surface area contributed by atoms with Gasteiger partial charge >= 0.3 is 0 Å². The van der Waals surface area contributed by atoms with Crippen LogP contribution in [0.2, 0.25) is 5.02 Å². The molecule has 0 radical (unpaired) electrons. The van der Waals surface area contributed by atoms with Gasteiger partial charge in [-0.1, -0.05) is 36.7 Å². The van der Waals surface area contributed by atoms with Crippen LogP contribution in [0, 0.1) is 17.8 Å². The number of allylic oxidation sites excluding steroid dienone is 1. The summed E-state index contributed by atoms with van der Waals surface area (Å²) in [5.74, 6) is 0.639. The van der Waals surface area contributed by atoms with Crippen LogP contribution < -0.4 is 14.4 Å². The number of morpholine rings is 1. The van der Waals surface area contributed by atoms with Crippen LogP contribution in [-0.4, -0.2) is 88.7 Å². The van der Waals surface area contributed by atoms with E-state index >= 15 is 0 Å². The van der Waals surface area contributed by atoms with Gasteiger partial charge in [0.1, 0.15) is 5.75 Å². The molecule has 3 fully saturated rings. The summed E-state index contributed by atoms with van der Waals surface area (Å²) >= 11 is 6.47. The van der Waals surface area contributed by atoms with E-state index in [0.717, 1.165) is 87.8 Å². The minimum absolute atomic E-state index is 0.0583. The van der Waals surface area contributed by atoms with Gasteiger partial charge in [-0.15, -0.1) is 0 Å². The number of likely N-dealkylation sites (tertiary alicyclic amines) is 1. The summed E-state index contributed by atoms with van der Waals surface area (Å²) in [4.78, 5) is 18.5. The van der Waals surface area contributed by atoms with E-state index in [4.69, 9.17) is 25.8 Å². The van der Waals surface area contributed by atoms with Crippen molar-refractivity contribution in [2.24, 2.45) is 17.8 Å². The van der Waals surface area contributed by atoms with Crippen molar-refractivity contribution in [3.8, 4) is 5.75 Å². The van der Waals surface area contributed by atoms with Gasteiger partial charge in [0.15, 0.2) is 0 Å². The van der Waals surface area contributed by atoms with Gasteiger partial charge in [-0.05, 0) is 111 Å². The molecule has 4 heterocycles. The molecule has 6 aliphatic rings. The number of aryl methyl sites for hydroxylation is 1. The molecule has 1 spiro atoms. The number of nitrogens with zero attached hydrogens (tertiary/aromatic N) is 2. The fraction of sp³-hybridized carbons (Fsp3) is 0.615. The van der Waals surface area contributed by atoms with E-state index in [0.29, 0.717) is 49.2 Å². The van der Waals surface area contributed by atoms with Crippen molar-refractivity contribution in [2.45, 2.75) is 87.7 Å². The van der Waals surface area contributed by atoms with E-state index in [1.165, 1.54) is 11.1 Å². The van der Waals surface area contributed by atoms with Crippen LogP contribution in [0.4, 0.5) is 5.69 Å². The Hall–Kier alpha value is -2.63. The molecule has 8 rings (SSSR count). The predicted octanol–water partition coefficient (Wildman–Crippen LogP) is 5.74. The molecule has 11 heteroatoms. The molecule has 1 saturated carbocycles. The molecule has 8 atom stereocenters. The van der Waals surface area contributed by atoms with E-state index in [1.807, 2.05) is 25.1 Å². The summed E-state index contributed by atoms with van der Waals surface area (Å²) in [5.41, 5.74) is 3.47. The summed E-state index contributed by atoms with van der Waals surface area (Å²) < 4.78 is 48.5. The third kappa shape index (κ3) is 6.60. The van der Waals surface area contributed by atoms with Crippen LogP contribution in [0.3, 0.4) is 0 Å². The first-order chi connectivity index (χ1) is 24.1. The van der Waals surface area contributed by atoms with Gasteiger partial charge in [-0.25, -0.2) is 13.1 Å². The number of sulfonamides is 1. The van der Waals surface area contributed by atoms with Crippen molar-refractivity contribution in [3.05, 3.63) is 70.3 Å². The normalized spacial score (nSPS) is 35.7. The fourth-order valence-electron chi connectivity index (χ4n) is 9.38. The minimum Gasteiger partial charge on any atom is -0.490 e. The van der Waals surface area contributed by atoms with Crippen molar-refractivity contribution >= 4 is 33.2 Å². The predicted molar refractivity (Wildman–Crippen MR) is 195 cm³/mol. The molecule has 4 aliphatic heterocycles. The van der Waals surface area contributed by atoms with Crippen molar-refractivity contribution in [1.29, 1.82) is 0 Å². The third-order valence-electron chi connectivity index (χ3n) is 12.7. The number of benzene rings is 2. The Morgan fingerprint density at radius 2 is 2.00 bits per heavy atom. The number of carbonyl (C=O) groups is 1. The molecule has 2 aliphatic carbocycles. The highest BCUT2D eigenvalue weighted by atomic mass is 35.5. The van der Waals surface area contributed by atoms with Gasteiger partial charge in [0.05, 0.1) is 43.0 Å².